The number of nitrogens with one attached hydrogen (secondary N) is 2. The van der Waals surface area contributed by atoms with Crippen molar-refractivity contribution in [3.05, 3.63) is 12.7 Å². The third-order valence-electron chi connectivity index (χ3n) is 1.06. The third kappa shape index (κ3) is 5.73. The zero-order valence-corrected chi connectivity index (χ0v) is 7.36. The van der Waals surface area contributed by atoms with E-state index in [0.29, 0.717) is 0 Å². The van der Waals surface area contributed by atoms with Crippen LogP contribution in [-0.2, 0) is 9.59 Å². The van der Waals surface area contributed by atoms with E-state index in [4.69, 9.17) is 11.6 Å². The number of hydrogen-bond acceptors (Lipinski definition) is 2. The van der Waals surface area contributed by atoms with E-state index in [1.807, 2.05) is 0 Å². The number of rotatable bonds is 5. The molecule has 0 saturated heterocycles. The number of carbonyl (C=O) groups is 2. The van der Waals surface area contributed by atoms with Gasteiger partial charge in [-0.1, -0.05) is 6.58 Å². The first-order valence-corrected chi connectivity index (χ1v) is 3.97. The van der Waals surface area contributed by atoms with Crippen molar-refractivity contribution in [2.75, 3.05) is 12.5 Å². The van der Waals surface area contributed by atoms with Crippen molar-refractivity contribution in [2.24, 2.45) is 0 Å². The molecule has 2 N–H and O–H groups in total. The summed E-state index contributed by atoms with van der Waals surface area (Å²) in [6.07, 6.45) is 1.39. The first kappa shape index (κ1) is 11.0. The minimum Gasteiger partial charge on any atom is -0.339 e. The average Bonchev–Trinajstić information content (AvgIpc) is 2.04. The van der Waals surface area contributed by atoms with E-state index in [2.05, 4.69) is 17.2 Å². The second-order valence-electron chi connectivity index (χ2n) is 1.96. The fourth-order valence-corrected chi connectivity index (χ4v) is 0.648. The number of carbonyl (C=O) groups excluding carboxylic acids is 2. The highest BCUT2D eigenvalue weighted by atomic mass is 35.5. The predicted molar refractivity (Wildman–Crippen MR) is 46.7 cm³/mol. The molecule has 0 spiro atoms. The summed E-state index contributed by atoms with van der Waals surface area (Å²) in [4.78, 5) is 21.3. The Morgan fingerprint density at radius 2 is 2.08 bits per heavy atom. The predicted octanol–water partition coefficient (Wildman–Crippen LogP) is -0.00880. The van der Waals surface area contributed by atoms with Crippen LogP contribution in [0.3, 0.4) is 0 Å². The van der Waals surface area contributed by atoms with Crippen LogP contribution in [0.15, 0.2) is 12.7 Å². The molecule has 0 rings (SSSR count). The van der Waals surface area contributed by atoms with Crippen molar-refractivity contribution in [2.45, 2.75) is 6.42 Å². The Morgan fingerprint density at radius 3 is 2.58 bits per heavy atom. The van der Waals surface area contributed by atoms with Crippen molar-refractivity contribution < 1.29 is 9.59 Å². The molecular formula is C7H11ClN2O2. The minimum absolute atomic E-state index is 0.112. The summed E-state index contributed by atoms with van der Waals surface area (Å²) in [5.41, 5.74) is 0. The molecule has 0 saturated carbocycles. The second kappa shape index (κ2) is 6.67. The smallest absolute Gasteiger partial charge is 0.244 e. The van der Waals surface area contributed by atoms with E-state index in [1.165, 1.54) is 0 Å². The molecule has 4 nitrogen and oxygen atoms in total. The van der Waals surface area contributed by atoms with Crippen molar-refractivity contribution >= 4 is 23.4 Å². The lowest BCUT2D eigenvalue weighted by Crippen LogP contribution is -2.36. The summed E-state index contributed by atoms with van der Waals surface area (Å²) in [6.45, 7) is 3.36. The molecule has 0 fully saturated rings. The third-order valence-corrected chi connectivity index (χ3v) is 1.24. The second-order valence-corrected chi connectivity index (χ2v) is 2.34. The van der Waals surface area contributed by atoms with Gasteiger partial charge in [0.15, 0.2) is 0 Å². The number of alkyl halides is 1. The van der Waals surface area contributed by atoms with Gasteiger partial charge in [-0.3, -0.25) is 9.59 Å². The largest absolute Gasteiger partial charge is 0.339 e. The molecule has 0 unspecified atom stereocenters. The summed E-state index contributed by atoms with van der Waals surface area (Å²) in [5.74, 6) is -0.225. The molecule has 0 atom stereocenters. The van der Waals surface area contributed by atoms with Crippen molar-refractivity contribution in [3.63, 3.8) is 0 Å². The molecule has 2 amide bonds. The Morgan fingerprint density at radius 1 is 1.42 bits per heavy atom. The van der Waals surface area contributed by atoms with Crippen LogP contribution in [0, 0.1) is 0 Å². The average molecular weight is 191 g/mol. The maximum Gasteiger partial charge on any atom is 0.244 e. The Bertz CT molecular complexity index is 182. The highest BCUT2D eigenvalue weighted by molar-refractivity contribution is 6.18. The summed E-state index contributed by atoms with van der Waals surface area (Å²) >= 11 is 5.30. The van der Waals surface area contributed by atoms with Crippen molar-refractivity contribution in [1.29, 1.82) is 0 Å². The molecule has 0 heterocycles. The zero-order valence-electron chi connectivity index (χ0n) is 6.60. The SMILES string of the molecule is C=CC(=O)NCNC(=O)CCCl. The number of amides is 2. The summed E-state index contributed by atoms with van der Waals surface area (Å²) in [6, 6.07) is 0. The van der Waals surface area contributed by atoms with E-state index in [9.17, 15) is 9.59 Å². The summed E-state index contributed by atoms with van der Waals surface area (Å²) in [7, 11) is 0. The van der Waals surface area contributed by atoms with Crippen LogP contribution >= 0.6 is 11.6 Å². The fourth-order valence-electron chi connectivity index (χ4n) is 0.476. The summed E-state index contributed by atoms with van der Waals surface area (Å²) < 4.78 is 0. The summed E-state index contributed by atoms with van der Waals surface area (Å²) in [5, 5.41) is 4.84. The molecule has 0 aliphatic carbocycles. The fraction of sp³-hybridized carbons (Fsp3) is 0.429. The van der Waals surface area contributed by atoms with Gasteiger partial charge < -0.3 is 10.6 Å². The lowest BCUT2D eigenvalue weighted by atomic mass is 10.4. The number of halogens is 1. The van der Waals surface area contributed by atoms with Crippen LogP contribution in [0.2, 0.25) is 0 Å². The Labute approximate surface area is 76.0 Å². The van der Waals surface area contributed by atoms with Gasteiger partial charge in [0.05, 0.1) is 6.67 Å². The van der Waals surface area contributed by atoms with E-state index in [1.54, 1.807) is 0 Å². The molecule has 0 aliphatic rings. The molecule has 68 valence electrons. The van der Waals surface area contributed by atoms with Crippen LogP contribution < -0.4 is 10.6 Å². The first-order chi connectivity index (χ1) is 5.70. The van der Waals surface area contributed by atoms with Crippen LogP contribution in [0.25, 0.3) is 0 Å². The lowest BCUT2D eigenvalue weighted by molar-refractivity contribution is -0.121. The van der Waals surface area contributed by atoms with Crippen LogP contribution in [0.5, 0.6) is 0 Å². The van der Waals surface area contributed by atoms with Gasteiger partial charge in [-0.2, -0.15) is 0 Å². The van der Waals surface area contributed by atoms with E-state index < -0.39 is 0 Å². The Balaban J connectivity index is 3.36. The van der Waals surface area contributed by atoms with Gasteiger partial charge in [-0.25, -0.2) is 0 Å². The minimum atomic E-state index is -0.318. The maximum absolute atomic E-state index is 10.7. The monoisotopic (exact) mass is 190 g/mol. The van der Waals surface area contributed by atoms with Crippen LogP contribution in [-0.4, -0.2) is 24.4 Å². The van der Waals surface area contributed by atoms with Gasteiger partial charge in [0.25, 0.3) is 0 Å². The molecule has 0 aromatic rings. The van der Waals surface area contributed by atoms with E-state index in [-0.39, 0.29) is 30.8 Å². The molecule has 12 heavy (non-hydrogen) atoms. The van der Waals surface area contributed by atoms with E-state index in [0.717, 1.165) is 6.08 Å². The molecule has 0 aromatic carbocycles. The van der Waals surface area contributed by atoms with Crippen molar-refractivity contribution in [3.8, 4) is 0 Å². The molecule has 0 radical (unpaired) electrons. The molecular weight excluding hydrogens is 180 g/mol. The van der Waals surface area contributed by atoms with Gasteiger partial charge >= 0.3 is 0 Å². The van der Waals surface area contributed by atoms with Crippen LogP contribution in [0.1, 0.15) is 6.42 Å². The van der Waals surface area contributed by atoms with Gasteiger partial charge in [0.2, 0.25) is 11.8 Å². The Hall–Kier alpha value is -1.03. The first-order valence-electron chi connectivity index (χ1n) is 3.43. The quantitative estimate of drug-likeness (QED) is 0.364. The van der Waals surface area contributed by atoms with Crippen LogP contribution in [0.4, 0.5) is 0 Å². The Kier molecular flexibility index (Phi) is 6.09. The standard InChI is InChI=1S/C7H11ClN2O2/c1-2-6(11)9-5-10-7(12)3-4-8/h2H,1,3-5H2,(H,9,11)(H,10,12). The molecule has 5 heteroatoms. The van der Waals surface area contributed by atoms with Gasteiger partial charge in [-0.05, 0) is 6.08 Å². The van der Waals surface area contributed by atoms with Gasteiger partial charge in [0, 0.05) is 12.3 Å². The van der Waals surface area contributed by atoms with Crippen molar-refractivity contribution in [1.82, 2.24) is 10.6 Å². The van der Waals surface area contributed by atoms with Gasteiger partial charge in [0.1, 0.15) is 0 Å². The maximum atomic E-state index is 10.7. The highest BCUT2D eigenvalue weighted by Gasteiger charge is 1.98. The van der Waals surface area contributed by atoms with E-state index >= 15 is 0 Å². The van der Waals surface area contributed by atoms with Gasteiger partial charge in [-0.15, -0.1) is 11.6 Å². The lowest BCUT2D eigenvalue weighted by Gasteiger charge is -2.03. The molecule has 0 bridgehead atoms. The normalized spacial score (nSPS) is 8.75. The number of hydrogen-bond donors (Lipinski definition) is 2. The molecule has 0 aromatic heterocycles. The zero-order chi connectivity index (χ0) is 9.40. The molecule has 0 aliphatic heterocycles. The highest BCUT2D eigenvalue weighted by Crippen LogP contribution is 1.82. The topological polar surface area (TPSA) is 58.2 Å².